The molecule has 37 atom stereocenters. The summed E-state index contributed by atoms with van der Waals surface area (Å²) in [6, 6.07) is -4.76. The van der Waals surface area contributed by atoms with Gasteiger partial charge in [0.05, 0.1) is 65.0 Å². The predicted octanol–water partition coefficient (Wildman–Crippen LogP) is -5.38. The molecule has 0 aromatic rings. The van der Waals surface area contributed by atoms with Crippen molar-refractivity contribution < 1.29 is 188 Å². The van der Waals surface area contributed by atoms with Crippen molar-refractivity contribution in [2.75, 3.05) is 52.9 Å². The highest BCUT2D eigenvalue weighted by atomic mass is 16.8. The fraction of sp³-hybridized carbons (Fsp3) is 0.938. The third kappa shape index (κ3) is 30.4. The number of aliphatic hydroxyl groups excluding tert-OH is 21. The lowest BCUT2D eigenvalue weighted by atomic mass is 9.94. The number of ether oxygens (including phenoxy) is 14. The van der Waals surface area contributed by atoms with Crippen molar-refractivity contribution >= 4 is 17.7 Å². The van der Waals surface area contributed by atoms with Crippen molar-refractivity contribution in [1.29, 1.82) is 0 Å². The number of nitrogens with one attached hydrogen (secondary N) is 3. The molecule has 0 aliphatic carbocycles. The second kappa shape index (κ2) is 54.3. The van der Waals surface area contributed by atoms with Gasteiger partial charge >= 0.3 is 0 Å². The average Bonchev–Trinajstić information content (AvgIpc) is 0.767. The zero-order chi connectivity index (χ0) is 88.6. The molecule has 0 radical (unpaired) electrons. The summed E-state index contributed by atoms with van der Waals surface area (Å²) in [5.74, 6) is -2.14. The summed E-state index contributed by atoms with van der Waals surface area (Å²) in [6.07, 6.45) is -35.3. The van der Waals surface area contributed by atoms with Crippen molar-refractivity contribution in [2.45, 2.75) is 422 Å². The molecular weight excluding hydrogens is 1610 g/mol. The van der Waals surface area contributed by atoms with Crippen LogP contribution >= 0.6 is 0 Å². The van der Waals surface area contributed by atoms with Crippen LogP contribution in [0, 0.1) is 0 Å². The Hall–Kier alpha value is -3.25. The number of carbonyl (C=O) groups is 3. The monoisotopic (exact) mass is 1750 g/mol. The first kappa shape index (κ1) is 105. The van der Waals surface area contributed by atoms with E-state index in [4.69, 9.17) is 66.3 Å². The van der Waals surface area contributed by atoms with Crippen molar-refractivity contribution in [3.63, 3.8) is 0 Å². The van der Waals surface area contributed by atoms with Crippen LogP contribution in [0.5, 0.6) is 0 Å². The smallest absolute Gasteiger partial charge is 0.220 e. The van der Waals surface area contributed by atoms with Crippen molar-refractivity contribution in [2.24, 2.45) is 0 Å². The van der Waals surface area contributed by atoms with E-state index < -0.39 is 292 Å². The van der Waals surface area contributed by atoms with Gasteiger partial charge < -0.3 is 190 Å². The first-order valence-electron chi connectivity index (χ1n) is 43.5. The molecule has 3 amide bonds. The zero-order valence-corrected chi connectivity index (χ0v) is 69.9. The molecule has 41 heteroatoms. The van der Waals surface area contributed by atoms with Crippen molar-refractivity contribution in [3.8, 4) is 0 Å². The van der Waals surface area contributed by atoms with Gasteiger partial charge in [-0.3, -0.25) is 14.4 Å². The molecule has 7 saturated heterocycles. The van der Waals surface area contributed by atoms with E-state index >= 15 is 0 Å². The molecule has 0 bridgehead atoms. The average molecular weight is 1760 g/mol. The summed E-state index contributed by atoms with van der Waals surface area (Å²) in [7, 11) is 0. The Morgan fingerprint density at radius 2 is 0.669 bits per heavy atom. The van der Waals surface area contributed by atoms with E-state index in [0.717, 1.165) is 65.2 Å². The highest BCUT2D eigenvalue weighted by Crippen LogP contribution is 2.39. The Bertz CT molecular complexity index is 2890. The number of carbonyl (C=O) groups excluding carboxylic acids is 3. The molecule has 706 valence electrons. The van der Waals surface area contributed by atoms with Crippen LogP contribution in [0.4, 0.5) is 0 Å². The first-order valence-corrected chi connectivity index (χ1v) is 43.5. The highest BCUT2D eigenvalue weighted by Gasteiger charge is 2.59. The minimum absolute atomic E-state index is 0.163. The van der Waals surface area contributed by atoms with Crippen LogP contribution in [0.3, 0.4) is 0 Å². The Morgan fingerprint density at radius 3 is 1.12 bits per heavy atom. The number of hydrogen-bond donors (Lipinski definition) is 24. The maximum atomic E-state index is 13.5. The fourth-order valence-corrected chi connectivity index (χ4v) is 16.1. The minimum atomic E-state index is -2.37. The third-order valence-corrected chi connectivity index (χ3v) is 23.3. The lowest BCUT2D eigenvalue weighted by Gasteiger charge is -2.51. The van der Waals surface area contributed by atoms with Gasteiger partial charge in [0.2, 0.25) is 17.7 Å². The van der Waals surface area contributed by atoms with Gasteiger partial charge in [0.25, 0.3) is 0 Å². The van der Waals surface area contributed by atoms with Gasteiger partial charge in [-0.1, -0.05) is 167 Å². The summed E-state index contributed by atoms with van der Waals surface area (Å²) in [4.78, 5) is 39.5. The van der Waals surface area contributed by atoms with Gasteiger partial charge in [-0.05, 0) is 19.3 Å². The van der Waals surface area contributed by atoms with Gasteiger partial charge in [-0.2, -0.15) is 0 Å². The molecule has 7 heterocycles. The van der Waals surface area contributed by atoms with E-state index in [-0.39, 0.29) is 12.3 Å². The Morgan fingerprint density at radius 1 is 0.331 bits per heavy atom. The second-order valence-corrected chi connectivity index (χ2v) is 32.8. The van der Waals surface area contributed by atoms with Crippen LogP contribution < -0.4 is 16.0 Å². The third-order valence-electron chi connectivity index (χ3n) is 23.3. The van der Waals surface area contributed by atoms with Crippen LogP contribution in [0.1, 0.15) is 195 Å². The number of aliphatic hydroxyl groups is 21. The van der Waals surface area contributed by atoms with Crippen LogP contribution in [-0.2, 0) is 80.7 Å². The molecule has 7 aliphatic heterocycles. The van der Waals surface area contributed by atoms with Crippen molar-refractivity contribution in [3.05, 3.63) is 12.2 Å². The lowest BCUT2D eigenvalue weighted by molar-refractivity contribution is -0.390. The van der Waals surface area contributed by atoms with E-state index in [2.05, 4.69) is 29.8 Å². The van der Waals surface area contributed by atoms with Crippen LogP contribution in [0.25, 0.3) is 0 Å². The van der Waals surface area contributed by atoms with Gasteiger partial charge in [0, 0.05) is 20.3 Å². The lowest BCUT2D eigenvalue weighted by Crippen LogP contribution is -2.70. The molecule has 0 aromatic carbocycles. The summed E-state index contributed by atoms with van der Waals surface area (Å²) < 4.78 is 83.0. The molecule has 41 nitrogen and oxygen atoms in total. The van der Waals surface area contributed by atoms with Gasteiger partial charge in [0.15, 0.2) is 44.0 Å². The number of rotatable bonds is 53. The molecule has 24 N–H and O–H groups in total. The van der Waals surface area contributed by atoms with Crippen LogP contribution in [-0.4, -0.2) is 405 Å². The van der Waals surface area contributed by atoms with Crippen LogP contribution in [0.2, 0.25) is 0 Å². The van der Waals surface area contributed by atoms with Crippen LogP contribution in [0.15, 0.2) is 12.2 Å². The number of allylic oxidation sites excluding steroid dienone is 1. The highest BCUT2D eigenvalue weighted by molar-refractivity contribution is 5.76. The Kier molecular flexibility index (Phi) is 47.0. The van der Waals surface area contributed by atoms with Crippen molar-refractivity contribution in [1.82, 2.24) is 16.0 Å². The van der Waals surface area contributed by atoms with E-state index in [1.54, 1.807) is 6.08 Å². The Balaban J connectivity index is 1.03. The van der Waals surface area contributed by atoms with E-state index in [1.165, 1.54) is 96.3 Å². The van der Waals surface area contributed by atoms with E-state index in [0.29, 0.717) is 12.8 Å². The van der Waals surface area contributed by atoms with Gasteiger partial charge in [-0.25, -0.2) is 0 Å². The summed E-state index contributed by atoms with van der Waals surface area (Å²) >= 11 is 0. The fourth-order valence-electron chi connectivity index (χ4n) is 16.1. The molecule has 7 fully saturated rings. The molecule has 0 spiro atoms. The molecule has 14 unspecified atom stereocenters. The quantitative estimate of drug-likeness (QED) is 0.0200. The minimum Gasteiger partial charge on any atom is -0.394 e. The molecule has 7 rings (SSSR count). The summed E-state index contributed by atoms with van der Waals surface area (Å²) in [5.41, 5.74) is 0. The molecule has 7 aliphatic rings. The van der Waals surface area contributed by atoms with E-state index in [1.807, 2.05) is 6.08 Å². The summed E-state index contributed by atoms with van der Waals surface area (Å²) in [6.45, 7) is -1.15. The maximum Gasteiger partial charge on any atom is 0.220 e. The molecule has 0 aromatic heterocycles. The Labute approximate surface area is 705 Å². The van der Waals surface area contributed by atoms with Gasteiger partial charge in [0.1, 0.15) is 171 Å². The number of amides is 3. The molecular formula is C80H143N3O38. The zero-order valence-electron chi connectivity index (χ0n) is 69.9. The summed E-state index contributed by atoms with van der Waals surface area (Å²) in [5, 5.41) is 242. The SMILES string of the molecule is CCCCCCCCCCCCC/C=C/[C@@H](O)[C@H](CO[C@@H]1OC(CO)[C@@H](O[C@@H]2OC(CO)[C@H](O[C@@H]3OC(CO)[C@H](O)[C@H](O[C@@H]4OC(CO[C@@H]5OC(CO)[C@@H](O[C@@H]6OC(CO)[C@H](O)[C@H](O)C6O)[C@H](O)C5NC(C)=O)[C@H](O)[C@H](O[C@@H]5OC(CO)[C@H](O)[C@H](O)C5O)C4NC(C)=O)C3O)[C@H](O)C2O)[C@H](O)C1O)NC(=O)CCCCCCCCCCCCCCC. The van der Waals surface area contributed by atoms with Gasteiger partial charge in [-0.15, -0.1) is 0 Å². The number of unbranched alkanes of at least 4 members (excludes halogenated alkanes) is 23. The number of hydrogen-bond acceptors (Lipinski definition) is 38. The normalized spacial score (nSPS) is 39.2. The molecule has 0 saturated carbocycles. The first-order chi connectivity index (χ1) is 58.0. The maximum absolute atomic E-state index is 13.5. The largest absolute Gasteiger partial charge is 0.394 e. The molecule has 121 heavy (non-hydrogen) atoms. The topological polar surface area (TPSA) is 641 Å². The predicted molar refractivity (Wildman–Crippen MR) is 417 cm³/mol. The standard InChI is InChI=1S/C80H143N3O38/c1-5-7-9-11-13-15-17-19-21-23-25-27-29-31-44(92)43(83-52(93)32-30-28-26-24-22-20-18-16-14-12-10-8-6-2)39-108-76-66(105)62(101)70(49(37-88)114-76)118-79-67(106)63(102)71(50(38-89)115-79)119-80-68(107)73(57(96)47(35-86)112-80)121-75-54(82-42(4)91)72(120-78-65(104)61(100)56(95)46(34-85)111-78)58(97)51(116-75)40-109-74-53(81-41(3)90)59(98)69(48(36-87)113-74)117-77-64(103)60(99)55(94)45(33-84)110-77/h29,31,43-51,53-80,84-89,92,94-107H,5-28,30,32-40H2,1-4H3,(H,81,90)(H,82,91)(H,83,93)/b31-29+/t43-,44+,45?,46?,47?,48?,49?,50?,51?,53?,54?,55-,56-,57-,58-,59+,60-,61-,62+,63+,64?,65?,66?,67?,68?,69+,70+,71-,72+,73-,74+,75-,76+,77-,78-,79-,80-/m0/s1. The second-order valence-electron chi connectivity index (χ2n) is 32.8. The van der Waals surface area contributed by atoms with E-state index in [9.17, 15) is 122 Å².